The SMILES string of the molecule is C[C@@H](OC(=O)c1ccccc1NS(=O)(=O)c1ccc(F)cc1)C(=O)N1CCCc2ccccc21. The first kappa shape index (κ1) is 23.4. The van der Waals surface area contributed by atoms with Crippen LogP contribution in [-0.2, 0) is 26.0 Å². The zero-order valence-electron chi connectivity index (χ0n) is 18.4. The van der Waals surface area contributed by atoms with Crippen molar-refractivity contribution in [2.45, 2.75) is 30.8 Å². The second-order valence-corrected chi connectivity index (χ2v) is 9.56. The van der Waals surface area contributed by atoms with E-state index in [4.69, 9.17) is 4.74 Å². The van der Waals surface area contributed by atoms with Crippen LogP contribution in [0.15, 0.2) is 77.7 Å². The highest BCUT2D eigenvalue weighted by Crippen LogP contribution is 2.28. The summed E-state index contributed by atoms with van der Waals surface area (Å²) in [5.41, 5.74) is 1.79. The molecule has 3 aromatic rings. The molecule has 1 amide bonds. The van der Waals surface area contributed by atoms with Crippen molar-refractivity contribution in [1.82, 2.24) is 0 Å². The van der Waals surface area contributed by atoms with Crippen LogP contribution < -0.4 is 9.62 Å². The molecule has 0 aromatic heterocycles. The Hall–Kier alpha value is -3.72. The number of amides is 1. The summed E-state index contributed by atoms with van der Waals surface area (Å²) in [4.78, 5) is 27.4. The third-order valence-corrected chi connectivity index (χ3v) is 6.90. The zero-order chi connectivity index (χ0) is 24.3. The summed E-state index contributed by atoms with van der Waals surface area (Å²) < 4.78 is 46.3. The van der Waals surface area contributed by atoms with Crippen LogP contribution >= 0.6 is 0 Å². The molecular formula is C25H23FN2O5S. The standard InChI is InChI=1S/C25H23FN2O5S/c1-17(24(29)28-16-6-8-18-7-2-5-11-23(18)28)33-25(30)21-9-3-4-10-22(21)27-34(31,32)20-14-12-19(26)13-15-20/h2-5,7,9-15,17,27H,6,8,16H2,1H3/t17-/m1/s1. The minimum atomic E-state index is -4.08. The van der Waals surface area contributed by atoms with Gasteiger partial charge < -0.3 is 9.64 Å². The fourth-order valence-electron chi connectivity index (χ4n) is 3.82. The van der Waals surface area contributed by atoms with E-state index in [1.54, 1.807) is 17.0 Å². The minimum Gasteiger partial charge on any atom is -0.449 e. The van der Waals surface area contributed by atoms with E-state index in [-0.39, 0.29) is 22.1 Å². The van der Waals surface area contributed by atoms with E-state index >= 15 is 0 Å². The Morgan fingerprint density at radius 2 is 1.68 bits per heavy atom. The molecule has 0 saturated heterocycles. The summed E-state index contributed by atoms with van der Waals surface area (Å²) >= 11 is 0. The van der Waals surface area contributed by atoms with Crippen molar-refractivity contribution in [3.63, 3.8) is 0 Å². The lowest BCUT2D eigenvalue weighted by Gasteiger charge is -2.31. The second kappa shape index (κ2) is 9.64. The Bertz CT molecular complexity index is 1330. The van der Waals surface area contributed by atoms with Crippen molar-refractivity contribution in [2.24, 2.45) is 0 Å². The van der Waals surface area contributed by atoms with Gasteiger partial charge in [-0.2, -0.15) is 0 Å². The zero-order valence-corrected chi connectivity index (χ0v) is 19.2. The largest absolute Gasteiger partial charge is 0.449 e. The molecule has 0 bridgehead atoms. The number of benzene rings is 3. The number of carbonyl (C=O) groups is 2. The topological polar surface area (TPSA) is 92.8 Å². The van der Waals surface area contributed by atoms with Crippen molar-refractivity contribution in [2.75, 3.05) is 16.2 Å². The number of fused-ring (bicyclic) bond motifs is 1. The van der Waals surface area contributed by atoms with Crippen LogP contribution in [0.2, 0.25) is 0 Å². The monoisotopic (exact) mass is 482 g/mol. The summed E-state index contributed by atoms with van der Waals surface area (Å²) in [5.74, 6) is -1.77. The van der Waals surface area contributed by atoms with Crippen LogP contribution in [0, 0.1) is 5.82 Å². The summed E-state index contributed by atoms with van der Waals surface area (Å²) in [6, 6.07) is 17.8. The number of nitrogens with zero attached hydrogens (tertiary/aromatic N) is 1. The number of hydrogen-bond donors (Lipinski definition) is 1. The van der Waals surface area contributed by atoms with Gasteiger partial charge in [0.2, 0.25) is 0 Å². The Morgan fingerprint density at radius 1 is 1.00 bits per heavy atom. The molecule has 0 radical (unpaired) electrons. The van der Waals surface area contributed by atoms with Gasteiger partial charge in [-0.1, -0.05) is 30.3 Å². The third-order valence-electron chi connectivity index (χ3n) is 5.52. The average molecular weight is 483 g/mol. The number of aryl methyl sites for hydroxylation is 1. The van der Waals surface area contributed by atoms with Crippen LogP contribution in [0.1, 0.15) is 29.3 Å². The molecule has 4 rings (SSSR count). The van der Waals surface area contributed by atoms with Crippen molar-refractivity contribution in [3.05, 3.63) is 89.7 Å². The first-order valence-corrected chi connectivity index (χ1v) is 12.2. The summed E-state index contributed by atoms with van der Waals surface area (Å²) in [7, 11) is -4.08. The number of para-hydroxylation sites is 2. The highest BCUT2D eigenvalue weighted by Gasteiger charge is 2.29. The molecule has 0 fully saturated rings. The van der Waals surface area contributed by atoms with E-state index in [1.807, 2.05) is 24.3 Å². The maximum absolute atomic E-state index is 13.2. The fourth-order valence-corrected chi connectivity index (χ4v) is 4.90. The molecule has 0 saturated carbocycles. The van der Waals surface area contributed by atoms with Crippen molar-refractivity contribution in [1.29, 1.82) is 0 Å². The number of ether oxygens (including phenoxy) is 1. The normalized spacial score (nSPS) is 14.1. The van der Waals surface area contributed by atoms with Crippen LogP contribution in [-0.4, -0.2) is 32.9 Å². The van der Waals surface area contributed by atoms with E-state index in [0.29, 0.717) is 6.54 Å². The lowest BCUT2D eigenvalue weighted by molar-refractivity contribution is -0.126. The lowest BCUT2D eigenvalue weighted by Crippen LogP contribution is -2.42. The maximum Gasteiger partial charge on any atom is 0.341 e. The molecule has 1 heterocycles. The average Bonchev–Trinajstić information content (AvgIpc) is 2.83. The smallest absolute Gasteiger partial charge is 0.341 e. The molecule has 9 heteroatoms. The molecule has 1 aliphatic heterocycles. The molecule has 34 heavy (non-hydrogen) atoms. The highest BCUT2D eigenvalue weighted by atomic mass is 32.2. The van der Waals surface area contributed by atoms with Gasteiger partial charge in [0.05, 0.1) is 16.1 Å². The summed E-state index contributed by atoms with van der Waals surface area (Å²) in [5, 5.41) is 0. The fraction of sp³-hybridized carbons (Fsp3) is 0.200. The van der Waals surface area contributed by atoms with Gasteiger partial charge >= 0.3 is 5.97 Å². The minimum absolute atomic E-state index is 0.0141. The third kappa shape index (κ3) is 4.94. The van der Waals surface area contributed by atoms with Crippen LogP contribution in [0.3, 0.4) is 0 Å². The van der Waals surface area contributed by atoms with Crippen molar-refractivity contribution < 1.29 is 27.1 Å². The number of esters is 1. The van der Waals surface area contributed by atoms with Gasteiger partial charge in [-0.25, -0.2) is 17.6 Å². The van der Waals surface area contributed by atoms with Crippen molar-refractivity contribution >= 4 is 33.3 Å². The molecule has 1 N–H and O–H groups in total. The van der Waals surface area contributed by atoms with Gasteiger partial charge in [0, 0.05) is 12.2 Å². The molecule has 0 unspecified atom stereocenters. The Morgan fingerprint density at radius 3 is 2.44 bits per heavy atom. The van der Waals surface area contributed by atoms with Crippen LogP contribution in [0.25, 0.3) is 0 Å². The number of anilines is 2. The summed E-state index contributed by atoms with van der Waals surface area (Å²) in [6.45, 7) is 2.01. The number of nitrogens with one attached hydrogen (secondary N) is 1. The number of hydrogen-bond acceptors (Lipinski definition) is 5. The molecule has 0 aliphatic carbocycles. The van der Waals surface area contributed by atoms with E-state index in [1.165, 1.54) is 19.1 Å². The van der Waals surface area contributed by atoms with E-state index in [2.05, 4.69) is 4.72 Å². The number of halogens is 1. The van der Waals surface area contributed by atoms with E-state index in [9.17, 15) is 22.4 Å². The first-order chi connectivity index (χ1) is 16.3. The van der Waals surface area contributed by atoms with E-state index in [0.717, 1.165) is 48.4 Å². The van der Waals surface area contributed by atoms with Gasteiger partial charge in [0.25, 0.3) is 15.9 Å². The Labute approximate surface area is 197 Å². The van der Waals surface area contributed by atoms with E-state index < -0.39 is 27.9 Å². The molecule has 7 nitrogen and oxygen atoms in total. The molecule has 1 aliphatic rings. The Kier molecular flexibility index (Phi) is 6.65. The highest BCUT2D eigenvalue weighted by molar-refractivity contribution is 7.92. The molecule has 1 atom stereocenters. The van der Waals surface area contributed by atoms with Gasteiger partial charge in [-0.05, 0) is 67.8 Å². The number of rotatable bonds is 6. The Balaban J connectivity index is 1.51. The quantitative estimate of drug-likeness (QED) is 0.533. The predicted molar refractivity (Wildman–Crippen MR) is 126 cm³/mol. The maximum atomic E-state index is 13.2. The molecule has 0 spiro atoms. The van der Waals surface area contributed by atoms with Crippen LogP contribution in [0.5, 0.6) is 0 Å². The first-order valence-electron chi connectivity index (χ1n) is 10.7. The van der Waals surface area contributed by atoms with Crippen LogP contribution in [0.4, 0.5) is 15.8 Å². The van der Waals surface area contributed by atoms with Gasteiger partial charge in [0.1, 0.15) is 5.82 Å². The van der Waals surface area contributed by atoms with Crippen molar-refractivity contribution in [3.8, 4) is 0 Å². The molecular weight excluding hydrogens is 459 g/mol. The van der Waals surface area contributed by atoms with Gasteiger partial charge in [0.15, 0.2) is 6.10 Å². The molecule has 3 aromatic carbocycles. The van der Waals surface area contributed by atoms with Gasteiger partial charge in [-0.15, -0.1) is 0 Å². The molecule has 176 valence electrons. The predicted octanol–water partition coefficient (Wildman–Crippen LogP) is 4.15. The number of sulfonamides is 1. The lowest BCUT2D eigenvalue weighted by atomic mass is 10.0. The van der Waals surface area contributed by atoms with Gasteiger partial charge in [-0.3, -0.25) is 9.52 Å². The number of carbonyl (C=O) groups excluding carboxylic acids is 2. The summed E-state index contributed by atoms with van der Waals surface area (Å²) in [6.07, 6.45) is 0.591. The second-order valence-electron chi connectivity index (χ2n) is 7.87.